The molecule has 3 aliphatic rings. The van der Waals surface area contributed by atoms with E-state index in [1.807, 2.05) is 30.3 Å². The van der Waals surface area contributed by atoms with E-state index in [1.165, 1.54) is 6.92 Å². The molecule has 2 heterocycles. The van der Waals surface area contributed by atoms with Gasteiger partial charge in [0, 0.05) is 12.1 Å². The van der Waals surface area contributed by atoms with Gasteiger partial charge in [0.05, 0.1) is 18.2 Å². The predicted octanol–water partition coefficient (Wildman–Crippen LogP) is -2.95. The fraction of sp³-hybridized carbons (Fsp3) is 0.778. The van der Waals surface area contributed by atoms with Gasteiger partial charge in [-0.05, 0) is 44.6 Å². The van der Waals surface area contributed by atoms with Crippen molar-refractivity contribution in [2.75, 3.05) is 0 Å². The van der Waals surface area contributed by atoms with E-state index >= 15 is 0 Å². The molecule has 0 bridgehead atoms. The van der Waals surface area contributed by atoms with E-state index in [0.717, 1.165) is 5.56 Å². The van der Waals surface area contributed by atoms with Gasteiger partial charge in [0.15, 0.2) is 12.6 Å². The molecule has 4 rings (SSSR count). The van der Waals surface area contributed by atoms with Crippen LogP contribution in [0.4, 0.5) is 0 Å². The largest absolute Gasteiger partial charge is 0.391 e. The first-order valence-corrected chi connectivity index (χ1v) is 13.9. The van der Waals surface area contributed by atoms with Crippen molar-refractivity contribution >= 4 is 0 Å². The molecule has 2 aliphatic heterocycles. The Labute approximate surface area is 233 Å². The number of aliphatic hydroxyl groups excluding tert-OH is 6. The van der Waals surface area contributed by atoms with Crippen molar-refractivity contribution in [1.82, 2.24) is 0 Å². The van der Waals surface area contributed by atoms with Gasteiger partial charge in [-0.25, -0.2) is 0 Å². The maximum absolute atomic E-state index is 11.5. The Bertz CT molecular complexity index is 929. The van der Waals surface area contributed by atoms with E-state index in [0.29, 0.717) is 19.3 Å². The maximum atomic E-state index is 11.5. The van der Waals surface area contributed by atoms with Crippen molar-refractivity contribution in [3.63, 3.8) is 0 Å². The van der Waals surface area contributed by atoms with Crippen molar-refractivity contribution in [3.8, 4) is 0 Å². The van der Waals surface area contributed by atoms with Crippen LogP contribution in [-0.2, 0) is 25.4 Å². The van der Waals surface area contributed by atoms with Crippen LogP contribution in [0.2, 0.25) is 0 Å². The van der Waals surface area contributed by atoms with Crippen LogP contribution in [0.3, 0.4) is 0 Å². The van der Waals surface area contributed by atoms with E-state index in [1.54, 1.807) is 6.92 Å². The third-order valence-electron chi connectivity index (χ3n) is 8.31. The zero-order chi connectivity index (χ0) is 29.3. The van der Waals surface area contributed by atoms with Crippen molar-refractivity contribution in [2.24, 2.45) is 23.1 Å². The standard InChI is InChI=1S/C27H45N3O10/c1-11(28)22-20(35)21(36)27(37-22)40-25-17(32)14(9-8-13-6-4-3-5-7-13)10-15(29)24(25)39-26-16(30)18(33)19(34)23(38-26)12(2)31/h3-7,11-12,14-27,31-36H,8-10,28-30H2,1-2H3/t11-,12+,14+,15?,16?,17?,18+,19-,20+,21?,22+,23?,24+,25+,26+,27-/m0/s1. The van der Waals surface area contributed by atoms with Crippen LogP contribution in [0.15, 0.2) is 30.3 Å². The highest BCUT2D eigenvalue weighted by Crippen LogP contribution is 2.36. The van der Waals surface area contributed by atoms with Gasteiger partial charge in [0.2, 0.25) is 0 Å². The SMILES string of the molecule is C[C@H](N)[C@H]1O[C@@H](O[C@@H]2C(O)[C@H](CCc3ccccc3)CC(N)[C@H]2O[C@H]2OC([C@@H](C)O)[C@@H](O)[C@H](O)C2N)C(O)[C@H]1O. The Morgan fingerprint density at radius 3 is 2.02 bits per heavy atom. The molecule has 0 aromatic heterocycles. The summed E-state index contributed by atoms with van der Waals surface area (Å²) < 4.78 is 23.7. The summed E-state index contributed by atoms with van der Waals surface area (Å²) in [6.45, 7) is 3.02. The molecule has 40 heavy (non-hydrogen) atoms. The van der Waals surface area contributed by atoms with Crippen LogP contribution in [0.5, 0.6) is 0 Å². The van der Waals surface area contributed by atoms with Gasteiger partial charge in [-0.15, -0.1) is 0 Å². The number of ether oxygens (including phenoxy) is 4. The van der Waals surface area contributed by atoms with E-state index < -0.39 is 91.7 Å². The lowest BCUT2D eigenvalue weighted by molar-refractivity contribution is -0.317. The summed E-state index contributed by atoms with van der Waals surface area (Å²) in [4.78, 5) is 0. The molecule has 1 aromatic carbocycles. The molecule has 1 saturated carbocycles. The van der Waals surface area contributed by atoms with Gasteiger partial charge < -0.3 is 66.8 Å². The average Bonchev–Trinajstić information content (AvgIpc) is 3.20. The van der Waals surface area contributed by atoms with E-state index in [4.69, 9.17) is 36.1 Å². The number of aliphatic hydroxyl groups is 6. The minimum atomic E-state index is -1.47. The topological polar surface area (TPSA) is 236 Å². The summed E-state index contributed by atoms with van der Waals surface area (Å²) in [5.41, 5.74) is 19.7. The third kappa shape index (κ3) is 6.68. The fourth-order valence-electron chi connectivity index (χ4n) is 5.91. The molecule has 5 unspecified atom stereocenters. The summed E-state index contributed by atoms with van der Waals surface area (Å²) in [5.74, 6) is -0.314. The number of benzene rings is 1. The summed E-state index contributed by atoms with van der Waals surface area (Å²) in [6, 6.07) is 7.27. The van der Waals surface area contributed by atoms with Crippen molar-refractivity contribution < 1.29 is 49.6 Å². The molecule has 0 spiro atoms. The minimum Gasteiger partial charge on any atom is -0.391 e. The lowest BCUT2D eigenvalue weighted by atomic mass is 9.77. The van der Waals surface area contributed by atoms with Gasteiger partial charge in [0.1, 0.15) is 48.8 Å². The molecular formula is C27H45N3O10. The molecule has 228 valence electrons. The van der Waals surface area contributed by atoms with Crippen LogP contribution in [0.1, 0.15) is 32.3 Å². The zero-order valence-electron chi connectivity index (χ0n) is 22.8. The molecule has 1 aromatic rings. The van der Waals surface area contributed by atoms with E-state index in [2.05, 4.69) is 0 Å². The third-order valence-corrected chi connectivity index (χ3v) is 8.31. The number of hydrogen-bond donors (Lipinski definition) is 9. The molecule has 0 radical (unpaired) electrons. The Morgan fingerprint density at radius 1 is 0.825 bits per heavy atom. The Balaban J connectivity index is 1.56. The maximum Gasteiger partial charge on any atom is 0.187 e. The molecule has 12 N–H and O–H groups in total. The normalized spacial score (nSPS) is 45.8. The fourth-order valence-corrected chi connectivity index (χ4v) is 5.91. The predicted molar refractivity (Wildman–Crippen MR) is 141 cm³/mol. The Kier molecular flexibility index (Phi) is 10.5. The molecule has 0 amide bonds. The lowest BCUT2D eigenvalue weighted by Crippen LogP contribution is -2.67. The smallest absolute Gasteiger partial charge is 0.187 e. The first kappa shape index (κ1) is 31.6. The molecule has 13 nitrogen and oxygen atoms in total. The molecule has 2 saturated heterocycles. The van der Waals surface area contributed by atoms with Crippen LogP contribution in [0.25, 0.3) is 0 Å². The van der Waals surface area contributed by atoms with Gasteiger partial charge >= 0.3 is 0 Å². The van der Waals surface area contributed by atoms with Crippen LogP contribution >= 0.6 is 0 Å². The van der Waals surface area contributed by atoms with Crippen molar-refractivity contribution in [2.45, 2.75) is 125 Å². The molecule has 13 heteroatoms. The Morgan fingerprint density at radius 2 is 1.43 bits per heavy atom. The van der Waals surface area contributed by atoms with Crippen molar-refractivity contribution in [1.29, 1.82) is 0 Å². The zero-order valence-corrected chi connectivity index (χ0v) is 22.8. The van der Waals surface area contributed by atoms with Crippen molar-refractivity contribution in [3.05, 3.63) is 35.9 Å². The van der Waals surface area contributed by atoms with Gasteiger partial charge in [0.25, 0.3) is 0 Å². The minimum absolute atomic E-state index is 0.314. The van der Waals surface area contributed by atoms with Gasteiger partial charge in [-0.2, -0.15) is 0 Å². The van der Waals surface area contributed by atoms with Gasteiger partial charge in [-0.1, -0.05) is 30.3 Å². The second-order valence-electron chi connectivity index (χ2n) is 11.5. The van der Waals surface area contributed by atoms with Crippen LogP contribution < -0.4 is 17.2 Å². The summed E-state index contributed by atoms with van der Waals surface area (Å²) in [6.07, 6.45) is -13.3. The monoisotopic (exact) mass is 571 g/mol. The number of rotatable bonds is 9. The first-order chi connectivity index (χ1) is 18.9. The first-order valence-electron chi connectivity index (χ1n) is 13.9. The van der Waals surface area contributed by atoms with E-state index in [9.17, 15) is 30.6 Å². The molecular weight excluding hydrogens is 526 g/mol. The van der Waals surface area contributed by atoms with E-state index in [-0.39, 0.29) is 5.92 Å². The highest BCUT2D eigenvalue weighted by molar-refractivity contribution is 5.15. The molecule has 3 fully saturated rings. The number of nitrogens with two attached hydrogens (primary N) is 3. The highest BCUT2D eigenvalue weighted by atomic mass is 16.7. The summed E-state index contributed by atoms with van der Waals surface area (Å²) in [7, 11) is 0. The molecule has 16 atom stereocenters. The van der Waals surface area contributed by atoms with Crippen LogP contribution in [-0.4, -0.2) is 122 Å². The second-order valence-corrected chi connectivity index (χ2v) is 11.5. The lowest BCUT2D eigenvalue weighted by Gasteiger charge is -2.48. The Hall–Kier alpha value is -1.30. The quantitative estimate of drug-likeness (QED) is 0.144. The van der Waals surface area contributed by atoms with Gasteiger partial charge in [-0.3, -0.25) is 0 Å². The summed E-state index contributed by atoms with van der Waals surface area (Å²) in [5, 5.41) is 63.5. The average molecular weight is 572 g/mol. The van der Waals surface area contributed by atoms with Crippen LogP contribution in [0, 0.1) is 5.92 Å². The molecule has 1 aliphatic carbocycles. The highest BCUT2D eigenvalue weighted by Gasteiger charge is 2.53. The number of hydrogen-bond acceptors (Lipinski definition) is 13. The number of aryl methyl sites for hydroxylation is 1. The second kappa shape index (κ2) is 13.3. The summed E-state index contributed by atoms with van der Waals surface area (Å²) >= 11 is 0.